The monoisotopic (exact) mass is 265 g/mol. The lowest BCUT2D eigenvalue weighted by molar-refractivity contribution is -0.00541. The molecule has 2 rings (SSSR count). The Bertz CT molecular complexity index is 468. The number of hydrogen-bond donors (Lipinski definition) is 1. The van der Waals surface area contributed by atoms with Gasteiger partial charge in [-0.1, -0.05) is 0 Å². The van der Waals surface area contributed by atoms with Crippen molar-refractivity contribution in [2.24, 2.45) is 0 Å². The Labute approximate surface area is 112 Å². The van der Waals surface area contributed by atoms with Crippen molar-refractivity contribution in [2.75, 3.05) is 30.8 Å². The summed E-state index contributed by atoms with van der Waals surface area (Å²) in [5, 5.41) is 0. The van der Waals surface area contributed by atoms with Gasteiger partial charge in [0.1, 0.15) is 0 Å². The van der Waals surface area contributed by atoms with E-state index in [0.717, 1.165) is 0 Å². The Morgan fingerprint density at radius 3 is 2.63 bits per heavy atom. The van der Waals surface area contributed by atoms with Crippen LogP contribution in [-0.2, 0) is 9.47 Å². The molecule has 2 N–H and O–H groups in total. The first kappa shape index (κ1) is 13.6. The number of rotatable bonds is 2. The van der Waals surface area contributed by atoms with Gasteiger partial charge in [0.15, 0.2) is 11.5 Å². The minimum atomic E-state index is -0.462. The number of carbonyl (C=O) groups excluding carboxylic acids is 1. The summed E-state index contributed by atoms with van der Waals surface area (Å²) in [6.45, 7) is 5.41. The van der Waals surface area contributed by atoms with Crippen molar-refractivity contribution in [3.05, 3.63) is 17.8 Å². The van der Waals surface area contributed by atoms with Crippen molar-refractivity contribution in [2.45, 2.75) is 26.1 Å². The molecule has 0 aliphatic carbocycles. The van der Waals surface area contributed by atoms with E-state index in [4.69, 9.17) is 10.5 Å². The number of carbonyl (C=O) groups is 1. The number of morpholine rings is 1. The van der Waals surface area contributed by atoms with Gasteiger partial charge in [0, 0.05) is 13.1 Å². The van der Waals surface area contributed by atoms with Crippen LogP contribution in [0.25, 0.3) is 0 Å². The zero-order chi connectivity index (χ0) is 14.0. The zero-order valence-electron chi connectivity index (χ0n) is 11.4. The molecule has 1 saturated heterocycles. The van der Waals surface area contributed by atoms with Crippen LogP contribution in [-0.4, -0.2) is 43.4 Å². The van der Waals surface area contributed by atoms with E-state index in [-0.39, 0.29) is 17.9 Å². The number of esters is 1. The van der Waals surface area contributed by atoms with Gasteiger partial charge in [0.2, 0.25) is 0 Å². The zero-order valence-corrected chi connectivity index (χ0v) is 11.4. The van der Waals surface area contributed by atoms with E-state index in [1.165, 1.54) is 7.11 Å². The second kappa shape index (κ2) is 5.44. The first-order chi connectivity index (χ1) is 9.01. The van der Waals surface area contributed by atoms with E-state index in [2.05, 4.69) is 9.72 Å². The summed E-state index contributed by atoms with van der Waals surface area (Å²) in [7, 11) is 1.33. The van der Waals surface area contributed by atoms with E-state index >= 15 is 0 Å². The number of nitrogens with zero attached hydrogens (tertiary/aromatic N) is 2. The molecule has 104 valence electrons. The van der Waals surface area contributed by atoms with Gasteiger partial charge in [-0.3, -0.25) is 0 Å². The molecular weight excluding hydrogens is 246 g/mol. The van der Waals surface area contributed by atoms with Gasteiger partial charge in [0.05, 0.1) is 25.0 Å². The van der Waals surface area contributed by atoms with Crippen LogP contribution in [0.15, 0.2) is 12.1 Å². The van der Waals surface area contributed by atoms with Gasteiger partial charge in [-0.2, -0.15) is 0 Å². The number of hydrogen-bond acceptors (Lipinski definition) is 6. The van der Waals surface area contributed by atoms with Crippen LogP contribution in [0, 0.1) is 0 Å². The van der Waals surface area contributed by atoms with Gasteiger partial charge >= 0.3 is 5.97 Å². The molecule has 1 aromatic heterocycles. The third kappa shape index (κ3) is 2.96. The minimum Gasteiger partial charge on any atom is -0.464 e. The molecule has 0 saturated carbocycles. The molecule has 19 heavy (non-hydrogen) atoms. The number of aromatic nitrogens is 1. The molecule has 6 heteroatoms. The summed E-state index contributed by atoms with van der Waals surface area (Å²) in [5.74, 6) is 0.153. The number of pyridine rings is 1. The number of nitrogens with two attached hydrogens (primary N) is 1. The fourth-order valence-corrected chi connectivity index (χ4v) is 2.28. The van der Waals surface area contributed by atoms with Gasteiger partial charge in [-0.05, 0) is 26.0 Å². The Morgan fingerprint density at radius 1 is 1.42 bits per heavy atom. The standard InChI is InChI=1S/C13H19N3O3/c1-8-6-16(7-9(2)19-8)12-10(14)4-5-11(15-12)13(17)18-3/h4-5,8-9H,6-7,14H2,1-3H3/t8-,9+. The molecule has 2 heterocycles. The molecule has 1 aromatic rings. The molecule has 1 fully saturated rings. The van der Waals surface area contributed by atoms with Gasteiger partial charge in [-0.15, -0.1) is 0 Å². The predicted molar refractivity (Wildman–Crippen MR) is 72.2 cm³/mol. The van der Waals surface area contributed by atoms with E-state index in [9.17, 15) is 4.79 Å². The normalized spacial score (nSPS) is 23.2. The van der Waals surface area contributed by atoms with Gasteiger partial charge < -0.3 is 20.1 Å². The lowest BCUT2D eigenvalue weighted by atomic mass is 10.2. The summed E-state index contributed by atoms with van der Waals surface area (Å²) in [6, 6.07) is 3.25. The number of anilines is 2. The maximum absolute atomic E-state index is 11.5. The van der Waals surface area contributed by atoms with E-state index in [1.807, 2.05) is 18.7 Å². The average Bonchev–Trinajstić information content (AvgIpc) is 2.37. The molecule has 0 amide bonds. The molecule has 0 bridgehead atoms. The molecule has 2 atom stereocenters. The summed E-state index contributed by atoms with van der Waals surface area (Å²) in [6.07, 6.45) is 0.207. The fraction of sp³-hybridized carbons (Fsp3) is 0.538. The van der Waals surface area contributed by atoms with E-state index < -0.39 is 5.97 Å². The first-order valence-electron chi connectivity index (χ1n) is 6.26. The van der Waals surface area contributed by atoms with Crippen LogP contribution >= 0.6 is 0 Å². The van der Waals surface area contributed by atoms with E-state index in [1.54, 1.807) is 12.1 Å². The molecule has 0 spiro atoms. The van der Waals surface area contributed by atoms with Crippen molar-refractivity contribution in [1.82, 2.24) is 4.98 Å². The lowest BCUT2D eigenvalue weighted by Gasteiger charge is -2.36. The van der Waals surface area contributed by atoms with Crippen molar-refractivity contribution in [3.63, 3.8) is 0 Å². The fourth-order valence-electron chi connectivity index (χ4n) is 2.28. The highest BCUT2D eigenvalue weighted by Gasteiger charge is 2.25. The lowest BCUT2D eigenvalue weighted by Crippen LogP contribution is -2.46. The largest absolute Gasteiger partial charge is 0.464 e. The maximum Gasteiger partial charge on any atom is 0.356 e. The molecule has 0 radical (unpaired) electrons. The molecule has 6 nitrogen and oxygen atoms in total. The molecule has 1 aliphatic heterocycles. The van der Waals surface area contributed by atoms with Crippen LogP contribution in [0.5, 0.6) is 0 Å². The highest BCUT2D eigenvalue weighted by atomic mass is 16.5. The summed E-state index contributed by atoms with van der Waals surface area (Å²) < 4.78 is 10.3. The summed E-state index contributed by atoms with van der Waals surface area (Å²) in [4.78, 5) is 17.9. The van der Waals surface area contributed by atoms with Crippen LogP contribution in [0.1, 0.15) is 24.3 Å². The van der Waals surface area contributed by atoms with Crippen LogP contribution in [0.4, 0.5) is 11.5 Å². The van der Waals surface area contributed by atoms with Gasteiger partial charge in [0.25, 0.3) is 0 Å². The SMILES string of the molecule is COC(=O)c1ccc(N)c(N2C[C@@H](C)O[C@@H](C)C2)n1. The Hall–Kier alpha value is -1.82. The summed E-state index contributed by atoms with van der Waals surface area (Å²) >= 11 is 0. The second-order valence-corrected chi connectivity index (χ2v) is 4.76. The Kier molecular flexibility index (Phi) is 3.90. The third-order valence-corrected chi connectivity index (χ3v) is 3.02. The molecule has 0 unspecified atom stereocenters. The second-order valence-electron chi connectivity index (χ2n) is 4.76. The topological polar surface area (TPSA) is 77.7 Å². The number of nitrogen functional groups attached to an aromatic ring is 1. The maximum atomic E-state index is 11.5. The van der Waals surface area contributed by atoms with Gasteiger partial charge in [-0.25, -0.2) is 9.78 Å². The highest BCUT2D eigenvalue weighted by Crippen LogP contribution is 2.24. The third-order valence-electron chi connectivity index (χ3n) is 3.02. The Balaban J connectivity index is 2.30. The van der Waals surface area contributed by atoms with Crippen molar-refractivity contribution >= 4 is 17.5 Å². The van der Waals surface area contributed by atoms with E-state index in [0.29, 0.717) is 24.6 Å². The summed E-state index contributed by atoms with van der Waals surface area (Å²) in [5.41, 5.74) is 6.77. The molecule has 0 aromatic carbocycles. The van der Waals surface area contributed by atoms with Crippen LogP contribution in [0.3, 0.4) is 0 Å². The smallest absolute Gasteiger partial charge is 0.356 e. The van der Waals surface area contributed by atoms with Crippen molar-refractivity contribution in [3.8, 4) is 0 Å². The quantitative estimate of drug-likeness (QED) is 0.806. The minimum absolute atomic E-state index is 0.103. The van der Waals surface area contributed by atoms with Crippen molar-refractivity contribution in [1.29, 1.82) is 0 Å². The average molecular weight is 265 g/mol. The van der Waals surface area contributed by atoms with Crippen molar-refractivity contribution < 1.29 is 14.3 Å². The Morgan fingerprint density at radius 2 is 2.05 bits per heavy atom. The number of ether oxygens (including phenoxy) is 2. The van der Waals surface area contributed by atoms with Crippen LogP contribution < -0.4 is 10.6 Å². The van der Waals surface area contributed by atoms with Crippen LogP contribution in [0.2, 0.25) is 0 Å². The first-order valence-corrected chi connectivity index (χ1v) is 6.26. The predicted octanol–water partition coefficient (Wildman–Crippen LogP) is 1.06. The molecular formula is C13H19N3O3. The highest BCUT2D eigenvalue weighted by molar-refractivity contribution is 5.88. The number of methoxy groups -OCH3 is 1. The molecule has 1 aliphatic rings.